The topological polar surface area (TPSA) is 58.6 Å². The van der Waals surface area contributed by atoms with E-state index in [0.717, 1.165) is 25.9 Å². The van der Waals surface area contributed by atoms with Gasteiger partial charge in [0, 0.05) is 11.6 Å². The summed E-state index contributed by atoms with van der Waals surface area (Å²) in [4.78, 5) is 2.36. The van der Waals surface area contributed by atoms with Crippen LogP contribution >= 0.6 is 0 Å². The van der Waals surface area contributed by atoms with Crippen LogP contribution in [-0.4, -0.2) is 53.4 Å². The van der Waals surface area contributed by atoms with Crippen molar-refractivity contribution in [1.29, 1.82) is 0 Å². The zero-order valence-corrected chi connectivity index (χ0v) is 16.5. The minimum absolute atomic E-state index is 0.0732. The van der Waals surface area contributed by atoms with Crippen LogP contribution in [0.3, 0.4) is 0 Å². The molecule has 5 nitrogen and oxygen atoms in total. The van der Waals surface area contributed by atoms with E-state index in [1.807, 2.05) is 6.07 Å². The molecule has 2 aromatic heterocycles. The van der Waals surface area contributed by atoms with Crippen LogP contribution in [0.1, 0.15) is 36.9 Å². The Labute approximate surface area is 168 Å². The number of likely N-dealkylation sites (tertiary alicyclic amines) is 1. The fourth-order valence-corrected chi connectivity index (χ4v) is 4.64. The predicted octanol–water partition coefficient (Wildman–Crippen LogP) is 3.04. The van der Waals surface area contributed by atoms with Gasteiger partial charge >= 0.3 is 6.18 Å². The summed E-state index contributed by atoms with van der Waals surface area (Å²) in [7, 11) is 2.16. The Hall–Kier alpha value is -2.24. The van der Waals surface area contributed by atoms with Gasteiger partial charge in [-0.2, -0.15) is 18.3 Å². The number of pyridine rings is 1. The van der Waals surface area contributed by atoms with Gasteiger partial charge in [-0.25, -0.2) is 4.52 Å². The number of rotatable bonds is 3. The molecule has 29 heavy (non-hydrogen) atoms. The van der Waals surface area contributed by atoms with Gasteiger partial charge in [-0.3, -0.25) is 0 Å². The third kappa shape index (κ3) is 4.21. The summed E-state index contributed by atoms with van der Waals surface area (Å²) in [5.74, 6) is 6.04. The van der Waals surface area contributed by atoms with E-state index in [2.05, 4.69) is 34.2 Å². The van der Waals surface area contributed by atoms with E-state index in [4.69, 9.17) is 5.73 Å². The molecule has 3 heterocycles. The summed E-state index contributed by atoms with van der Waals surface area (Å²) in [6.07, 6.45) is -0.791. The number of fused-ring (bicyclic) bond motifs is 1. The van der Waals surface area contributed by atoms with E-state index in [0.29, 0.717) is 22.8 Å². The molecule has 156 valence electrons. The minimum Gasteiger partial charge on any atom is -0.367 e. The van der Waals surface area contributed by atoms with Crippen molar-refractivity contribution in [3.8, 4) is 11.8 Å². The van der Waals surface area contributed by atoms with E-state index in [1.165, 1.54) is 12.8 Å². The van der Waals surface area contributed by atoms with Crippen LogP contribution in [0.25, 0.3) is 5.52 Å². The minimum atomic E-state index is -4.33. The van der Waals surface area contributed by atoms with Crippen LogP contribution in [0.5, 0.6) is 0 Å². The maximum atomic E-state index is 13.1. The zero-order valence-electron chi connectivity index (χ0n) is 16.5. The first-order valence-corrected chi connectivity index (χ1v) is 10.00. The highest BCUT2D eigenvalue weighted by molar-refractivity contribution is 5.64. The number of alkyl halides is 3. The SMILES string of the molecule is CN1CCC2(CC1)CC(Nc1cccc3c(CC(F)(F)F)c(C#CCN)nn13)C2. The van der Waals surface area contributed by atoms with Gasteiger partial charge in [-0.1, -0.05) is 12.0 Å². The van der Waals surface area contributed by atoms with Crippen LogP contribution in [0.4, 0.5) is 19.0 Å². The van der Waals surface area contributed by atoms with E-state index in [9.17, 15) is 13.2 Å². The lowest BCUT2D eigenvalue weighted by atomic mass is 9.60. The summed E-state index contributed by atoms with van der Waals surface area (Å²) in [5, 5.41) is 7.87. The average molecular weight is 405 g/mol. The molecule has 4 rings (SSSR count). The predicted molar refractivity (Wildman–Crippen MR) is 107 cm³/mol. The van der Waals surface area contributed by atoms with Gasteiger partial charge in [-0.15, -0.1) is 0 Å². The lowest BCUT2D eigenvalue weighted by Gasteiger charge is -2.52. The van der Waals surface area contributed by atoms with Crippen molar-refractivity contribution in [1.82, 2.24) is 14.5 Å². The van der Waals surface area contributed by atoms with Crippen molar-refractivity contribution in [2.45, 2.75) is 44.3 Å². The number of halogens is 3. The van der Waals surface area contributed by atoms with Crippen molar-refractivity contribution in [2.75, 3.05) is 32.0 Å². The summed E-state index contributed by atoms with van der Waals surface area (Å²) in [6.45, 7) is 2.33. The summed E-state index contributed by atoms with van der Waals surface area (Å²) in [6, 6.07) is 5.60. The van der Waals surface area contributed by atoms with Crippen LogP contribution < -0.4 is 11.1 Å². The molecule has 1 saturated heterocycles. The fraction of sp³-hybridized carbons (Fsp3) is 0.571. The van der Waals surface area contributed by atoms with Crippen molar-refractivity contribution in [2.24, 2.45) is 11.1 Å². The van der Waals surface area contributed by atoms with Crippen LogP contribution in [0, 0.1) is 17.3 Å². The van der Waals surface area contributed by atoms with E-state index in [1.54, 1.807) is 16.6 Å². The second kappa shape index (κ2) is 7.54. The zero-order chi connectivity index (χ0) is 20.6. The fourth-order valence-electron chi connectivity index (χ4n) is 4.64. The van der Waals surface area contributed by atoms with Crippen molar-refractivity contribution >= 4 is 11.3 Å². The van der Waals surface area contributed by atoms with Gasteiger partial charge in [0.15, 0.2) is 0 Å². The number of nitrogens with two attached hydrogens (primary N) is 1. The lowest BCUT2D eigenvalue weighted by molar-refractivity contribution is -0.127. The Kier molecular flexibility index (Phi) is 5.21. The van der Waals surface area contributed by atoms with Gasteiger partial charge in [0.25, 0.3) is 0 Å². The molecule has 1 aliphatic heterocycles. The Morgan fingerprint density at radius 1 is 1.28 bits per heavy atom. The maximum absolute atomic E-state index is 13.1. The van der Waals surface area contributed by atoms with Gasteiger partial charge < -0.3 is 16.0 Å². The highest BCUT2D eigenvalue weighted by Gasteiger charge is 2.45. The number of anilines is 1. The van der Waals surface area contributed by atoms with Gasteiger partial charge in [0.2, 0.25) is 0 Å². The third-order valence-corrected chi connectivity index (χ3v) is 6.20. The number of nitrogens with one attached hydrogen (secondary N) is 1. The highest BCUT2D eigenvalue weighted by Crippen LogP contribution is 2.49. The molecule has 0 amide bonds. The number of aromatic nitrogens is 2. The first kappa shape index (κ1) is 20.0. The summed E-state index contributed by atoms with van der Waals surface area (Å²) < 4.78 is 40.9. The largest absolute Gasteiger partial charge is 0.393 e. The number of hydrogen-bond acceptors (Lipinski definition) is 4. The van der Waals surface area contributed by atoms with E-state index < -0.39 is 12.6 Å². The molecule has 0 aromatic carbocycles. The normalized spacial score (nSPS) is 19.8. The molecule has 1 saturated carbocycles. The second-order valence-electron chi connectivity index (χ2n) is 8.39. The molecule has 0 bridgehead atoms. The first-order chi connectivity index (χ1) is 13.8. The average Bonchev–Trinajstić information content (AvgIpc) is 2.97. The Balaban J connectivity index is 1.58. The van der Waals surface area contributed by atoms with Crippen molar-refractivity contribution < 1.29 is 13.2 Å². The molecule has 1 spiro atoms. The number of nitrogens with zero attached hydrogens (tertiary/aromatic N) is 3. The van der Waals surface area contributed by atoms with Crippen LogP contribution in [-0.2, 0) is 6.42 Å². The Bertz CT molecular complexity index is 937. The highest BCUT2D eigenvalue weighted by atomic mass is 19.4. The molecular weight excluding hydrogens is 379 g/mol. The lowest BCUT2D eigenvalue weighted by Crippen LogP contribution is -2.50. The standard InChI is InChI=1S/C21H26F3N5/c1-28-10-7-20(8-11-28)12-15(13-20)26-19-6-2-5-18-16(14-21(22,23)24)17(4-3-9-25)27-29(18)19/h2,5-6,15,26H,7-14,25H2,1H3. The third-order valence-electron chi connectivity index (χ3n) is 6.20. The summed E-state index contributed by atoms with van der Waals surface area (Å²) >= 11 is 0. The van der Waals surface area contributed by atoms with Crippen LogP contribution in [0.15, 0.2) is 18.2 Å². The Morgan fingerprint density at radius 3 is 2.66 bits per heavy atom. The number of piperidine rings is 1. The molecule has 3 N–H and O–H groups in total. The molecule has 0 radical (unpaired) electrons. The number of hydrogen-bond donors (Lipinski definition) is 2. The first-order valence-electron chi connectivity index (χ1n) is 10.00. The molecule has 1 aliphatic carbocycles. The molecule has 2 aliphatic rings. The van der Waals surface area contributed by atoms with Gasteiger partial charge in [0.1, 0.15) is 11.5 Å². The maximum Gasteiger partial charge on any atom is 0.393 e. The van der Waals surface area contributed by atoms with Crippen molar-refractivity contribution in [3.63, 3.8) is 0 Å². The molecule has 0 unspecified atom stereocenters. The van der Waals surface area contributed by atoms with E-state index in [-0.39, 0.29) is 17.8 Å². The van der Waals surface area contributed by atoms with E-state index >= 15 is 0 Å². The quantitative estimate of drug-likeness (QED) is 0.771. The molecule has 2 fully saturated rings. The van der Waals surface area contributed by atoms with Crippen LogP contribution in [0.2, 0.25) is 0 Å². The van der Waals surface area contributed by atoms with Gasteiger partial charge in [-0.05, 0) is 69.3 Å². The monoisotopic (exact) mass is 405 g/mol. The Morgan fingerprint density at radius 2 is 2.00 bits per heavy atom. The van der Waals surface area contributed by atoms with Crippen molar-refractivity contribution in [3.05, 3.63) is 29.5 Å². The molecular formula is C21H26F3N5. The second-order valence-corrected chi connectivity index (χ2v) is 8.39. The summed E-state index contributed by atoms with van der Waals surface area (Å²) in [5.41, 5.74) is 6.49. The smallest absolute Gasteiger partial charge is 0.367 e. The molecule has 8 heteroatoms. The molecule has 2 aromatic rings. The molecule has 0 atom stereocenters. The van der Waals surface area contributed by atoms with Gasteiger partial charge in [0.05, 0.1) is 18.5 Å².